The Morgan fingerprint density at radius 2 is 2.09 bits per heavy atom. The number of thioether (sulfide) groups is 1. The minimum absolute atomic E-state index is 0.277. The summed E-state index contributed by atoms with van der Waals surface area (Å²) in [5.74, 6) is 0. The molecule has 3 rings (SSSR count). The van der Waals surface area contributed by atoms with Crippen LogP contribution < -0.4 is 0 Å². The predicted octanol–water partition coefficient (Wildman–Crippen LogP) is 1.66. The molecular formula is C16H21FN2O3S. The molecule has 23 heavy (non-hydrogen) atoms. The number of benzene rings is 1. The van der Waals surface area contributed by atoms with Crippen molar-refractivity contribution < 1.29 is 19.0 Å². The molecule has 0 amide bonds. The lowest BCUT2D eigenvalue weighted by Gasteiger charge is -2.38. The Morgan fingerprint density at radius 1 is 1.35 bits per heavy atom. The van der Waals surface area contributed by atoms with E-state index in [-0.39, 0.29) is 13.2 Å². The van der Waals surface area contributed by atoms with Gasteiger partial charge in [-0.1, -0.05) is 42.1 Å². The van der Waals surface area contributed by atoms with Gasteiger partial charge in [-0.3, -0.25) is 4.99 Å². The topological polar surface area (TPSA) is 54.3 Å². The van der Waals surface area contributed by atoms with Crippen molar-refractivity contribution in [2.75, 3.05) is 20.7 Å². The summed E-state index contributed by atoms with van der Waals surface area (Å²) < 4.78 is 26.5. The standard InChI is InChI=1S/C16H21FN2O3S/c1-19(2)16-18-13-12(17)14(11(8-20)22-15(13)23-16)21-9-10-6-4-3-5-7-10/h3-7,11-15,20H,8-9H2,1-2H3/t11-,12-,13-,14-,15-/m1/s1. The number of aliphatic imine (C=N–C) groups is 1. The van der Waals surface area contributed by atoms with E-state index in [9.17, 15) is 9.50 Å². The number of nitrogens with zero attached hydrogens (tertiary/aromatic N) is 2. The molecule has 5 atom stereocenters. The number of hydrogen-bond acceptors (Lipinski definition) is 6. The molecular weight excluding hydrogens is 319 g/mol. The monoisotopic (exact) mass is 340 g/mol. The number of rotatable bonds is 4. The Kier molecular flexibility index (Phi) is 5.21. The Labute approximate surface area is 139 Å². The van der Waals surface area contributed by atoms with Gasteiger partial charge < -0.3 is 19.5 Å². The van der Waals surface area contributed by atoms with Crippen molar-refractivity contribution in [3.8, 4) is 0 Å². The van der Waals surface area contributed by atoms with Crippen LogP contribution in [0.3, 0.4) is 0 Å². The van der Waals surface area contributed by atoms with Crippen LogP contribution in [-0.2, 0) is 16.1 Å². The summed E-state index contributed by atoms with van der Waals surface area (Å²) in [5.41, 5.74) is 0.549. The van der Waals surface area contributed by atoms with Crippen molar-refractivity contribution in [1.82, 2.24) is 4.90 Å². The smallest absolute Gasteiger partial charge is 0.161 e. The Morgan fingerprint density at radius 3 is 2.74 bits per heavy atom. The van der Waals surface area contributed by atoms with Crippen LogP contribution in [0, 0.1) is 0 Å². The second-order valence-corrected chi connectivity index (χ2v) is 6.91. The zero-order valence-electron chi connectivity index (χ0n) is 13.1. The van der Waals surface area contributed by atoms with Crippen LogP contribution in [0.5, 0.6) is 0 Å². The number of fused-ring (bicyclic) bond motifs is 1. The van der Waals surface area contributed by atoms with Gasteiger partial charge in [-0.25, -0.2) is 4.39 Å². The van der Waals surface area contributed by atoms with E-state index in [2.05, 4.69) is 4.99 Å². The Balaban J connectivity index is 1.71. The lowest BCUT2D eigenvalue weighted by atomic mass is 9.99. The molecule has 1 aromatic rings. The highest BCUT2D eigenvalue weighted by molar-refractivity contribution is 8.14. The van der Waals surface area contributed by atoms with E-state index in [1.54, 1.807) is 0 Å². The average molecular weight is 340 g/mol. The number of aliphatic hydroxyl groups excluding tert-OH is 1. The van der Waals surface area contributed by atoms with Gasteiger partial charge in [-0.15, -0.1) is 0 Å². The molecule has 5 nitrogen and oxygen atoms in total. The SMILES string of the molecule is CN(C)C1=N[C@@H]2[C@@H](F)[C@H](OCc3ccccc3)[C@@H](CO)O[C@@H]2S1. The zero-order chi connectivity index (χ0) is 16.4. The van der Waals surface area contributed by atoms with Crippen molar-refractivity contribution >= 4 is 16.9 Å². The van der Waals surface area contributed by atoms with E-state index in [1.165, 1.54) is 11.8 Å². The molecule has 0 aromatic heterocycles. The van der Waals surface area contributed by atoms with Gasteiger partial charge in [0, 0.05) is 14.1 Å². The highest BCUT2D eigenvalue weighted by Gasteiger charge is 2.50. The first-order chi connectivity index (χ1) is 11.1. The number of hydrogen-bond donors (Lipinski definition) is 1. The first-order valence-corrected chi connectivity index (χ1v) is 8.46. The molecule has 0 aliphatic carbocycles. The third kappa shape index (κ3) is 3.52. The molecule has 2 aliphatic rings. The van der Waals surface area contributed by atoms with Gasteiger partial charge in [0.1, 0.15) is 23.7 Å². The van der Waals surface area contributed by atoms with Crippen molar-refractivity contribution in [2.45, 2.75) is 36.5 Å². The van der Waals surface area contributed by atoms with Crippen molar-refractivity contribution in [3.63, 3.8) is 0 Å². The molecule has 7 heteroatoms. The summed E-state index contributed by atoms with van der Waals surface area (Å²) >= 11 is 1.39. The van der Waals surface area contributed by atoms with Gasteiger partial charge >= 0.3 is 0 Å². The second kappa shape index (κ2) is 7.17. The fourth-order valence-electron chi connectivity index (χ4n) is 2.70. The van der Waals surface area contributed by atoms with Crippen molar-refractivity contribution in [3.05, 3.63) is 35.9 Å². The third-order valence-corrected chi connectivity index (χ3v) is 5.23. The summed E-state index contributed by atoms with van der Waals surface area (Å²) in [6.07, 6.45) is -2.81. The van der Waals surface area contributed by atoms with Gasteiger partial charge in [-0.05, 0) is 5.56 Å². The second-order valence-electron chi connectivity index (χ2n) is 5.85. The Bertz CT molecular complexity index is 558. The van der Waals surface area contributed by atoms with Gasteiger partial charge in [-0.2, -0.15) is 0 Å². The maximum absolute atomic E-state index is 14.9. The third-order valence-electron chi connectivity index (χ3n) is 3.92. The fourth-order valence-corrected chi connectivity index (χ4v) is 3.85. The number of alkyl halides is 1. The van der Waals surface area contributed by atoms with E-state index in [1.807, 2.05) is 49.3 Å². The molecule has 1 saturated heterocycles. The fraction of sp³-hybridized carbons (Fsp3) is 0.562. The molecule has 126 valence electrons. The highest BCUT2D eigenvalue weighted by atomic mass is 32.2. The van der Waals surface area contributed by atoms with E-state index in [0.717, 1.165) is 10.7 Å². The summed E-state index contributed by atoms with van der Waals surface area (Å²) in [6, 6.07) is 8.97. The number of aliphatic hydroxyl groups is 1. The summed E-state index contributed by atoms with van der Waals surface area (Å²) in [4.78, 5) is 6.25. The molecule has 1 N–H and O–H groups in total. The molecule has 0 radical (unpaired) electrons. The van der Waals surface area contributed by atoms with Crippen LogP contribution in [-0.4, -0.2) is 65.7 Å². The van der Waals surface area contributed by atoms with E-state index in [0.29, 0.717) is 0 Å². The molecule has 0 bridgehead atoms. The van der Waals surface area contributed by atoms with Crippen LogP contribution in [0.15, 0.2) is 35.3 Å². The molecule has 2 heterocycles. The molecule has 1 aromatic carbocycles. The maximum Gasteiger partial charge on any atom is 0.161 e. The largest absolute Gasteiger partial charge is 0.394 e. The summed E-state index contributed by atoms with van der Waals surface area (Å²) in [7, 11) is 3.73. The first kappa shape index (κ1) is 16.7. The van der Waals surface area contributed by atoms with Crippen LogP contribution in [0.25, 0.3) is 0 Å². The van der Waals surface area contributed by atoms with Crippen molar-refractivity contribution in [2.24, 2.45) is 4.99 Å². The first-order valence-electron chi connectivity index (χ1n) is 7.58. The molecule has 0 unspecified atom stereocenters. The lowest BCUT2D eigenvalue weighted by Crippen LogP contribution is -2.55. The normalized spacial score (nSPS) is 33.2. The number of halogens is 1. The molecule has 2 aliphatic heterocycles. The van der Waals surface area contributed by atoms with Crippen LogP contribution >= 0.6 is 11.8 Å². The van der Waals surface area contributed by atoms with Gasteiger partial charge in [0.05, 0.1) is 13.2 Å². The van der Waals surface area contributed by atoms with Crippen LogP contribution in [0.4, 0.5) is 4.39 Å². The van der Waals surface area contributed by atoms with Gasteiger partial charge in [0.15, 0.2) is 11.3 Å². The molecule has 0 spiro atoms. The van der Waals surface area contributed by atoms with E-state index < -0.39 is 29.9 Å². The van der Waals surface area contributed by atoms with E-state index in [4.69, 9.17) is 9.47 Å². The average Bonchev–Trinajstić information content (AvgIpc) is 2.99. The quantitative estimate of drug-likeness (QED) is 0.903. The highest BCUT2D eigenvalue weighted by Crippen LogP contribution is 2.39. The van der Waals surface area contributed by atoms with Crippen LogP contribution in [0.1, 0.15) is 5.56 Å². The maximum atomic E-state index is 14.9. The predicted molar refractivity (Wildman–Crippen MR) is 88.2 cm³/mol. The lowest BCUT2D eigenvalue weighted by molar-refractivity contribution is -0.171. The van der Waals surface area contributed by atoms with Gasteiger partial charge in [0.2, 0.25) is 0 Å². The minimum atomic E-state index is -1.31. The number of ether oxygens (including phenoxy) is 2. The minimum Gasteiger partial charge on any atom is -0.394 e. The molecule has 1 fully saturated rings. The Hall–Kier alpha value is -1.15. The summed E-state index contributed by atoms with van der Waals surface area (Å²) in [6.45, 7) is 0.00151. The van der Waals surface area contributed by atoms with Gasteiger partial charge in [0.25, 0.3) is 0 Å². The zero-order valence-corrected chi connectivity index (χ0v) is 13.9. The summed E-state index contributed by atoms with van der Waals surface area (Å²) in [5, 5.41) is 10.3. The van der Waals surface area contributed by atoms with Crippen molar-refractivity contribution in [1.29, 1.82) is 0 Å². The number of amidine groups is 1. The molecule has 0 saturated carbocycles. The van der Waals surface area contributed by atoms with E-state index >= 15 is 0 Å². The van der Waals surface area contributed by atoms with Crippen LogP contribution in [0.2, 0.25) is 0 Å².